The summed E-state index contributed by atoms with van der Waals surface area (Å²) >= 11 is 0. The van der Waals surface area contributed by atoms with Crippen molar-refractivity contribution in [3.05, 3.63) is 35.9 Å². The molecule has 0 radical (unpaired) electrons. The number of benzene rings is 1. The van der Waals surface area contributed by atoms with Crippen LogP contribution in [0.5, 0.6) is 0 Å². The Kier molecular flexibility index (Phi) is 11.2. The van der Waals surface area contributed by atoms with Crippen LogP contribution in [0.4, 0.5) is 0 Å². The van der Waals surface area contributed by atoms with Gasteiger partial charge in [0.25, 0.3) is 0 Å². The number of carboxylic acids is 1. The number of carbonyl (C=O) groups is 1. The van der Waals surface area contributed by atoms with Gasteiger partial charge in [-0.05, 0) is 12.1 Å². The minimum absolute atomic E-state index is 0. The molecule has 0 aliphatic carbocycles. The van der Waals surface area contributed by atoms with Crippen LogP contribution in [-0.4, -0.2) is 11.1 Å². The third-order valence-electron chi connectivity index (χ3n) is 1.02. The van der Waals surface area contributed by atoms with Gasteiger partial charge in [-0.15, -0.1) is 0 Å². The largest absolute Gasteiger partial charge is 0.478 e. The molecule has 0 fully saturated rings. The number of aromatic carboxylic acids is 1. The van der Waals surface area contributed by atoms with Gasteiger partial charge in [-0.3, -0.25) is 0 Å². The molecular formula is C7H6NdO2Yb. The SMILES string of the molecule is O=C(O)c1ccccc1.[Nd].[Yb]. The maximum Gasteiger partial charge on any atom is 0.335 e. The summed E-state index contributed by atoms with van der Waals surface area (Å²) in [5, 5.41) is 8.38. The average molecular weight is 439 g/mol. The Labute approximate surface area is 137 Å². The van der Waals surface area contributed by atoms with Crippen LogP contribution in [0.1, 0.15) is 10.4 Å². The Morgan fingerprint density at radius 2 is 1.64 bits per heavy atom. The van der Waals surface area contributed by atoms with Crippen molar-refractivity contribution in [3.63, 3.8) is 0 Å². The molecule has 0 saturated heterocycles. The van der Waals surface area contributed by atoms with Gasteiger partial charge in [0.1, 0.15) is 0 Å². The second-order valence-corrected chi connectivity index (χ2v) is 1.67. The third kappa shape index (κ3) is 5.75. The van der Waals surface area contributed by atoms with Crippen molar-refractivity contribution in [1.29, 1.82) is 0 Å². The molecule has 1 rings (SSSR count). The van der Waals surface area contributed by atoms with Gasteiger partial charge in [-0.1, -0.05) is 18.2 Å². The van der Waals surface area contributed by atoms with Gasteiger partial charge >= 0.3 is 5.97 Å². The molecule has 0 amide bonds. The summed E-state index contributed by atoms with van der Waals surface area (Å²) in [4.78, 5) is 10.2. The molecule has 1 N–H and O–H groups in total. The molecule has 11 heavy (non-hydrogen) atoms. The van der Waals surface area contributed by atoms with Gasteiger partial charge in [0.15, 0.2) is 0 Å². The van der Waals surface area contributed by atoms with Crippen molar-refractivity contribution in [1.82, 2.24) is 0 Å². The molecule has 64 valence electrons. The van der Waals surface area contributed by atoms with Crippen LogP contribution in [0.15, 0.2) is 30.3 Å². The molecule has 2 nitrogen and oxygen atoms in total. The van der Waals surface area contributed by atoms with E-state index in [1.165, 1.54) is 0 Å². The first-order chi connectivity index (χ1) is 4.30. The summed E-state index contributed by atoms with van der Waals surface area (Å²) in [6.45, 7) is 0. The molecule has 0 atom stereocenters. The van der Waals surface area contributed by atoms with Crippen molar-refractivity contribution in [3.8, 4) is 0 Å². The van der Waals surface area contributed by atoms with E-state index in [0.29, 0.717) is 5.56 Å². The molecule has 0 spiro atoms. The van der Waals surface area contributed by atoms with Crippen molar-refractivity contribution in [2.24, 2.45) is 0 Å². The van der Waals surface area contributed by atoms with Crippen LogP contribution in [0.2, 0.25) is 0 Å². The summed E-state index contributed by atoms with van der Waals surface area (Å²) < 4.78 is 0. The molecule has 0 unspecified atom stereocenters. The fourth-order valence-corrected chi connectivity index (χ4v) is 0.581. The number of carboxylic acid groups (broad SMARTS) is 1. The Bertz CT molecular complexity index is 213. The van der Waals surface area contributed by atoms with Crippen molar-refractivity contribution >= 4 is 5.97 Å². The zero-order valence-corrected chi connectivity index (χ0v) is 10.4. The summed E-state index contributed by atoms with van der Waals surface area (Å²) in [6.07, 6.45) is 0. The van der Waals surface area contributed by atoms with E-state index in [2.05, 4.69) is 0 Å². The van der Waals surface area contributed by atoms with Gasteiger partial charge in [0.2, 0.25) is 0 Å². The van der Waals surface area contributed by atoms with Gasteiger partial charge in [-0.25, -0.2) is 4.79 Å². The van der Waals surface area contributed by atoms with E-state index in [1.807, 2.05) is 0 Å². The first-order valence-electron chi connectivity index (χ1n) is 2.59. The Morgan fingerprint density at radius 1 is 1.18 bits per heavy atom. The van der Waals surface area contributed by atoms with Crippen LogP contribution in [-0.2, 0) is 0 Å². The maximum atomic E-state index is 10.2. The van der Waals surface area contributed by atoms with Crippen LogP contribution in [0, 0.1) is 87.8 Å². The molecule has 0 aliphatic rings. The summed E-state index contributed by atoms with van der Waals surface area (Å²) in [6, 6.07) is 8.30. The van der Waals surface area contributed by atoms with Crippen LogP contribution >= 0.6 is 0 Å². The fraction of sp³-hybridized carbons (Fsp3) is 0. The van der Waals surface area contributed by atoms with Crippen molar-refractivity contribution in [2.75, 3.05) is 0 Å². The zero-order valence-electron chi connectivity index (χ0n) is 5.51. The topological polar surface area (TPSA) is 37.3 Å². The smallest absolute Gasteiger partial charge is 0.335 e. The van der Waals surface area contributed by atoms with E-state index >= 15 is 0 Å². The zero-order chi connectivity index (χ0) is 6.69. The predicted molar refractivity (Wildman–Crippen MR) is 33.4 cm³/mol. The van der Waals surface area contributed by atoms with E-state index in [4.69, 9.17) is 5.11 Å². The average Bonchev–Trinajstić information content (AvgIpc) is 1.90. The summed E-state index contributed by atoms with van der Waals surface area (Å²) in [5.74, 6) is -0.879. The molecule has 0 bridgehead atoms. The van der Waals surface area contributed by atoms with E-state index < -0.39 is 5.97 Å². The van der Waals surface area contributed by atoms with E-state index in [0.717, 1.165) is 0 Å². The molecule has 4 heteroatoms. The van der Waals surface area contributed by atoms with Gasteiger partial charge < -0.3 is 5.11 Å². The first-order valence-corrected chi connectivity index (χ1v) is 2.59. The number of hydrogen-bond donors (Lipinski definition) is 1. The van der Waals surface area contributed by atoms with Gasteiger partial charge in [-0.2, -0.15) is 0 Å². The molecule has 1 aromatic carbocycles. The third-order valence-corrected chi connectivity index (χ3v) is 1.02. The van der Waals surface area contributed by atoms with E-state index in [9.17, 15) is 4.79 Å². The molecular weight excluding hydrogens is 433 g/mol. The Balaban J connectivity index is 0. The van der Waals surface area contributed by atoms with Crippen LogP contribution in [0.3, 0.4) is 0 Å². The predicted octanol–water partition coefficient (Wildman–Crippen LogP) is 1.38. The quantitative estimate of drug-likeness (QED) is 0.718. The van der Waals surface area contributed by atoms with E-state index in [-0.39, 0.29) is 87.8 Å². The second-order valence-electron chi connectivity index (χ2n) is 1.67. The molecule has 0 saturated carbocycles. The number of rotatable bonds is 1. The Hall–Kier alpha value is 1.56. The first kappa shape index (κ1) is 15.1. The summed E-state index contributed by atoms with van der Waals surface area (Å²) in [7, 11) is 0. The van der Waals surface area contributed by atoms with Crippen LogP contribution < -0.4 is 0 Å². The molecule has 0 heterocycles. The van der Waals surface area contributed by atoms with E-state index in [1.54, 1.807) is 30.3 Å². The molecule has 0 aliphatic heterocycles. The minimum Gasteiger partial charge on any atom is -0.478 e. The van der Waals surface area contributed by atoms with Gasteiger partial charge in [0.05, 0.1) is 5.56 Å². The maximum absolute atomic E-state index is 10.2. The second kappa shape index (κ2) is 8.17. The fourth-order valence-electron chi connectivity index (χ4n) is 0.581. The number of hydrogen-bond acceptors (Lipinski definition) is 1. The molecule has 1 aromatic rings. The minimum atomic E-state index is -0.879. The monoisotopic (exact) mass is 438 g/mol. The normalized spacial score (nSPS) is 7.27. The Morgan fingerprint density at radius 3 is 1.91 bits per heavy atom. The summed E-state index contributed by atoms with van der Waals surface area (Å²) in [5.41, 5.74) is 0.331. The standard InChI is InChI=1S/C7H6O2.Nd.Yb/c8-7(9)6-4-2-1-3-5-6;;/h1-5H,(H,8,9);;. The van der Waals surface area contributed by atoms with Crippen LogP contribution in [0.25, 0.3) is 0 Å². The van der Waals surface area contributed by atoms with Gasteiger partial charge in [0, 0.05) is 87.8 Å². The molecule has 0 aromatic heterocycles. The van der Waals surface area contributed by atoms with Crippen molar-refractivity contribution < 1.29 is 97.7 Å². The van der Waals surface area contributed by atoms with Crippen molar-refractivity contribution in [2.45, 2.75) is 0 Å².